The van der Waals surface area contributed by atoms with Gasteiger partial charge in [0.25, 0.3) is 0 Å². The number of nitrogens with two attached hydrogens (primary N) is 1. The zero-order valence-corrected chi connectivity index (χ0v) is 35.8. The van der Waals surface area contributed by atoms with Gasteiger partial charge in [0, 0.05) is 52.2 Å². The molecular formula is C44H66N2O12. The van der Waals surface area contributed by atoms with E-state index < -0.39 is 83.9 Å². The van der Waals surface area contributed by atoms with E-state index in [4.69, 9.17) is 43.7 Å². The molecule has 14 nitrogen and oxygen atoms in total. The fourth-order valence-electron chi connectivity index (χ4n) is 9.66. The van der Waals surface area contributed by atoms with Crippen LogP contribution in [-0.2, 0) is 47.6 Å². The van der Waals surface area contributed by atoms with Crippen LogP contribution < -0.4 is 5.73 Å². The summed E-state index contributed by atoms with van der Waals surface area (Å²) in [6.45, 7) is 15.3. The lowest BCUT2D eigenvalue weighted by Gasteiger charge is -2.50. The highest BCUT2D eigenvalue weighted by atomic mass is 16.7. The molecule has 0 radical (unpaired) electrons. The molecular weight excluding hydrogens is 748 g/mol. The first-order valence-electron chi connectivity index (χ1n) is 20.9. The Kier molecular flexibility index (Phi) is 13.7. The normalized spacial score (nSPS) is 46.2. The van der Waals surface area contributed by atoms with Gasteiger partial charge in [-0.15, -0.1) is 5.06 Å². The van der Waals surface area contributed by atoms with Crippen molar-refractivity contribution in [1.29, 1.82) is 0 Å². The first-order valence-corrected chi connectivity index (χ1v) is 20.9. The Morgan fingerprint density at radius 2 is 1.84 bits per heavy atom. The third-order valence-corrected chi connectivity index (χ3v) is 13.3. The van der Waals surface area contributed by atoms with Crippen LogP contribution in [0.5, 0.6) is 0 Å². The van der Waals surface area contributed by atoms with Crippen LogP contribution in [0.15, 0.2) is 59.3 Å². The molecule has 1 spiro atoms. The van der Waals surface area contributed by atoms with Gasteiger partial charge in [-0.1, -0.05) is 70.6 Å². The fourth-order valence-corrected chi connectivity index (χ4v) is 9.66. The van der Waals surface area contributed by atoms with Crippen LogP contribution in [0, 0.1) is 23.7 Å². The summed E-state index contributed by atoms with van der Waals surface area (Å²) in [4.78, 5) is 31.5. The van der Waals surface area contributed by atoms with Crippen LogP contribution in [0.25, 0.3) is 0 Å². The topological polar surface area (TPSA) is 178 Å². The van der Waals surface area contributed by atoms with Gasteiger partial charge in [0.2, 0.25) is 0 Å². The third kappa shape index (κ3) is 8.57. The molecule has 0 aromatic rings. The van der Waals surface area contributed by atoms with Gasteiger partial charge >= 0.3 is 11.9 Å². The van der Waals surface area contributed by atoms with Crippen LogP contribution in [0.1, 0.15) is 87.5 Å². The maximum Gasteiger partial charge on any atom is 0.322 e. The number of hydrogen-bond donors (Lipinski definition) is 3. The largest absolute Gasteiger partial charge is 0.462 e. The minimum Gasteiger partial charge on any atom is -0.462 e. The second kappa shape index (κ2) is 17.7. The number of likely N-dealkylation sites (N-methyl/N-ethyl adjacent to an activating group) is 1. The quantitative estimate of drug-likeness (QED) is 0.141. The molecule has 6 aliphatic rings. The summed E-state index contributed by atoms with van der Waals surface area (Å²) in [6.07, 6.45) is 9.90. The van der Waals surface area contributed by atoms with Crippen molar-refractivity contribution in [2.75, 3.05) is 20.8 Å². The van der Waals surface area contributed by atoms with Gasteiger partial charge in [-0.05, 0) is 55.9 Å². The van der Waals surface area contributed by atoms with E-state index in [1.165, 1.54) is 12.0 Å². The number of ether oxygens (including phenoxy) is 7. The molecule has 324 valence electrons. The van der Waals surface area contributed by atoms with Crippen molar-refractivity contribution in [1.82, 2.24) is 5.06 Å². The van der Waals surface area contributed by atoms with E-state index in [9.17, 15) is 19.8 Å². The average molecular weight is 815 g/mol. The van der Waals surface area contributed by atoms with Gasteiger partial charge in [0.15, 0.2) is 17.7 Å². The molecule has 16 atom stereocenters. The number of aliphatic hydroxyl groups excluding tert-OH is 1. The number of rotatable bonds is 7. The number of fused-ring (bicyclic) bond motifs is 2. The molecule has 1 aliphatic carbocycles. The van der Waals surface area contributed by atoms with E-state index in [2.05, 4.69) is 32.9 Å². The van der Waals surface area contributed by atoms with E-state index in [1.807, 2.05) is 32.1 Å². The molecule has 5 heterocycles. The zero-order valence-electron chi connectivity index (χ0n) is 35.8. The van der Waals surface area contributed by atoms with Gasteiger partial charge < -0.3 is 53.9 Å². The molecule has 3 fully saturated rings. The molecule has 3 saturated heterocycles. The second-order valence-electron chi connectivity index (χ2n) is 17.4. The Morgan fingerprint density at radius 3 is 2.53 bits per heavy atom. The minimum atomic E-state index is -1.85. The van der Waals surface area contributed by atoms with Crippen molar-refractivity contribution in [3.8, 4) is 0 Å². The Hall–Kier alpha value is -2.76. The van der Waals surface area contributed by atoms with Gasteiger partial charge in [0.1, 0.15) is 29.8 Å². The lowest BCUT2D eigenvalue weighted by molar-refractivity contribution is -0.316. The predicted octanol–water partition coefficient (Wildman–Crippen LogP) is 4.55. The van der Waals surface area contributed by atoms with Crippen molar-refractivity contribution in [2.45, 2.75) is 160 Å². The molecule has 58 heavy (non-hydrogen) atoms. The Balaban J connectivity index is 1.37. The lowest BCUT2D eigenvalue weighted by Crippen LogP contribution is -2.72. The van der Waals surface area contributed by atoms with Crippen LogP contribution in [0.4, 0.5) is 0 Å². The number of aliphatic hydroxyl groups is 2. The van der Waals surface area contributed by atoms with Crippen LogP contribution in [-0.4, -0.2) is 120 Å². The molecule has 4 N–H and O–H groups in total. The van der Waals surface area contributed by atoms with E-state index in [0.717, 1.165) is 12.0 Å². The Labute approximate surface area is 343 Å². The molecule has 0 saturated carbocycles. The summed E-state index contributed by atoms with van der Waals surface area (Å²) >= 11 is 0. The summed E-state index contributed by atoms with van der Waals surface area (Å²) in [7, 11) is 3.13. The summed E-state index contributed by atoms with van der Waals surface area (Å²) in [6, 6.07) is 0. The molecule has 0 amide bonds. The number of methoxy groups -OCH3 is 1. The number of hydroxylamine groups is 2. The van der Waals surface area contributed by atoms with Gasteiger partial charge in [0.05, 0.1) is 37.1 Å². The van der Waals surface area contributed by atoms with Crippen molar-refractivity contribution in [3.05, 3.63) is 59.3 Å². The van der Waals surface area contributed by atoms with Crippen LogP contribution in [0.2, 0.25) is 0 Å². The van der Waals surface area contributed by atoms with E-state index in [1.54, 1.807) is 40.2 Å². The number of esters is 1. The van der Waals surface area contributed by atoms with Gasteiger partial charge in [-0.2, -0.15) is 0 Å². The first-order chi connectivity index (χ1) is 27.4. The lowest BCUT2D eigenvalue weighted by atomic mass is 9.71. The zero-order chi connectivity index (χ0) is 42.3. The SMILES string of the molecule is CCC(C)[C@H]1O[C@]2(C=C[C@@H]1C)C[C@@H]1C[C@@H](C/C=C(\C)[C@@H](O[C@H]3C[C@H](OC)[C@](N)(N(C)OC(C)=O)[C@H](C)O3)[C@@H](C)/C=C/C=C3\COC4[C@H](O)C(C)=C[C@@H](C(=O)O1)[C@]34O)O2. The summed E-state index contributed by atoms with van der Waals surface area (Å²) in [5, 5.41) is 24.9. The summed E-state index contributed by atoms with van der Waals surface area (Å²) in [5.41, 5.74) is 5.60. The van der Waals surface area contributed by atoms with Crippen molar-refractivity contribution < 1.29 is 57.8 Å². The number of nitrogens with zero attached hydrogens (tertiary/aromatic N) is 1. The van der Waals surface area contributed by atoms with Gasteiger partial charge in [-0.3, -0.25) is 9.59 Å². The number of carbonyl (C=O) groups excluding carboxylic acids is 2. The highest BCUT2D eigenvalue weighted by molar-refractivity contribution is 5.78. The van der Waals surface area contributed by atoms with E-state index in [-0.39, 0.29) is 43.3 Å². The minimum absolute atomic E-state index is 0.0197. The maximum absolute atomic E-state index is 14.3. The van der Waals surface area contributed by atoms with E-state index in [0.29, 0.717) is 24.0 Å². The summed E-state index contributed by atoms with van der Waals surface area (Å²) in [5.74, 6) is -3.15. The molecule has 2 bridgehead atoms. The van der Waals surface area contributed by atoms with Crippen molar-refractivity contribution >= 4 is 11.9 Å². The van der Waals surface area contributed by atoms with Gasteiger partial charge in [-0.25, -0.2) is 0 Å². The third-order valence-electron chi connectivity index (χ3n) is 13.3. The smallest absolute Gasteiger partial charge is 0.322 e. The Bertz CT molecular complexity index is 1680. The monoisotopic (exact) mass is 814 g/mol. The van der Waals surface area contributed by atoms with Crippen LogP contribution >= 0.6 is 0 Å². The molecule has 5 aliphatic heterocycles. The maximum atomic E-state index is 14.3. The molecule has 2 unspecified atom stereocenters. The average Bonchev–Trinajstić information content (AvgIpc) is 3.51. The molecule has 0 aromatic heterocycles. The highest BCUT2D eigenvalue weighted by Crippen LogP contribution is 2.47. The second-order valence-corrected chi connectivity index (χ2v) is 17.4. The fraction of sp³-hybridized carbons (Fsp3) is 0.727. The Morgan fingerprint density at radius 1 is 1.10 bits per heavy atom. The standard InChI is InChI=1S/C44H66N2O12/c1-11-24(2)39-27(5)17-18-42(57-39)22-33-20-32(56-42)16-15-26(4)38(55-36-21-35(51-10)44(45,29(7)53-36)46(9)58-30(8)47)25(3)13-12-14-31-23-52-40-37(48)28(6)19-34(41(49)54-33)43(31,40)50/h12-15,17-19,24-25,27,29,32-40,48,50H,11,16,20-23,45H2,1-10H3/b13-12+,26-15+,31-14+/t24?,25-,27-,29-,32+,33-,34-,35-,36-,37+,38-,39+,40?,42+,43+,44+/m0/s1. The first kappa shape index (κ1) is 44.8. The molecule has 6 rings (SSSR count). The number of hydrogen-bond acceptors (Lipinski definition) is 14. The highest BCUT2D eigenvalue weighted by Gasteiger charge is 2.60. The summed E-state index contributed by atoms with van der Waals surface area (Å²) < 4.78 is 45.2. The molecule has 14 heteroatoms. The van der Waals surface area contributed by atoms with Crippen molar-refractivity contribution in [2.24, 2.45) is 29.4 Å². The number of carbonyl (C=O) groups is 2. The number of allylic oxidation sites excluding steroid dienone is 2. The predicted molar refractivity (Wildman–Crippen MR) is 213 cm³/mol. The molecule has 0 aromatic carbocycles. The van der Waals surface area contributed by atoms with Crippen LogP contribution in [0.3, 0.4) is 0 Å². The van der Waals surface area contributed by atoms with E-state index >= 15 is 0 Å². The van der Waals surface area contributed by atoms with Crippen molar-refractivity contribution in [3.63, 3.8) is 0 Å².